The van der Waals surface area contributed by atoms with Crippen LogP contribution in [0.5, 0.6) is 5.75 Å². The maximum absolute atomic E-state index is 12.7. The van der Waals surface area contributed by atoms with Gasteiger partial charge in [-0.05, 0) is 99.3 Å². The van der Waals surface area contributed by atoms with Gasteiger partial charge in [0.15, 0.2) is 29.4 Å². The maximum Gasteiger partial charge on any atom is 0.344 e. The second kappa shape index (κ2) is 29.1. The van der Waals surface area contributed by atoms with Gasteiger partial charge in [-0.15, -0.1) is 0 Å². The predicted octanol–water partition coefficient (Wildman–Crippen LogP) is 10.8. The number of ketones is 4. The van der Waals surface area contributed by atoms with E-state index in [1.807, 2.05) is 30.3 Å². The van der Waals surface area contributed by atoms with Crippen LogP contribution in [0, 0.1) is 16.7 Å². The van der Waals surface area contributed by atoms with E-state index in [9.17, 15) is 43.2 Å². The number of hydrogen-bond acceptors (Lipinski definition) is 15. The topological polar surface area (TPSA) is 209 Å². The number of fused-ring (bicyclic) bond motifs is 2. The summed E-state index contributed by atoms with van der Waals surface area (Å²) in [6.45, 7) is 27.2. The molecule has 0 spiro atoms. The van der Waals surface area contributed by atoms with E-state index in [4.69, 9.17) is 23.7 Å². The molecule has 0 heterocycles. The second-order valence-electron chi connectivity index (χ2n) is 19.2. The zero-order chi connectivity index (χ0) is 56.4. The van der Waals surface area contributed by atoms with Crippen molar-refractivity contribution in [1.29, 1.82) is 0 Å². The normalized spacial score (nSPS) is 15.4. The largest absolute Gasteiger partial charge is 0.482 e. The molecular weight excluding hydrogens is 997 g/mol. The van der Waals surface area contributed by atoms with Crippen molar-refractivity contribution >= 4 is 53.0 Å². The summed E-state index contributed by atoms with van der Waals surface area (Å²) < 4.78 is 30.2. The fraction of sp³-hybridized carbons (Fsp3) is 0.317. The highest BCUT2D eigenvalue weighted by molar-refractivity contribution is 6.09. The molecule has 0 N–H and O–H groups in total. The first kappa shape index (κ1) is 65.5. The minimum absolute atomic E-state index is 0. The molecule has 2 unspecified atom stereocenters. The van der Waals surface area contributed by atoms with Gasteiger partial charge in [-0.3, -0.25) is 19.2 Å². The Labute approximate surface area is 458 Å². The monoisotopic (exact) mass is 1070 g/mol. The third kappa shape index (κ3) is 17.0. The van der Waals surface area contributed by atoms with E-state index in [0.717, 1.165) is 48.3 Å². The van der Waals surface area contributed by atoms with Crippen molar-refractivity contribution in [2.45, 2.75) is 86.9 Å². The van der Waals surface area contributed by atoms with Crippen molar-refractivity contribution in [3.05, 3.63) is 199 Å². The number of rotatable bonds is 22. The van der Waals surface area contributed by atoms with E-state index >= 15 is 0 Å². The number of benzene rings is 4. The van der Waals surface area contributed by atoms with E-state index in [1.54, 1.807) is 72.8 Å². The van der Waals surface area contributed by atoms with Crippen molar-refractivity contribution in [3.63, 3.8) is 0 Å². The molecule has 0 radical (unpaired) electrons. The molecule has 6 rings (SSSR count). The van der Waals surface area contributed by atoms with Gasteiger partial charge >= 0.3 is 29.8 Å². The Morgan fingerprint density at radius 1 is 0.577 bits per heavy atom. The standard InChI is InChI=1S/C27H28O6.C20H18O6.C14H18O3.2CH4/c1-7-22(28)32-26(3,4)24(30)20-13-9-18(10-14-20)17-19-11-15-21(16-12-19)25(31)27(5,6)33-23(29)8-2;1-2-18(21)24-12-13-25-19(22)14-26-17-10-8-16(9-11-17)20(23)15-6-4-3-5-7-15;1-5-11(15)17-8-14-7-6-10(13(14,3)4)9(2)12(14)16;;/h7-16H,1-2,17H2,3-6H3;2-11H,1,12-14H2;5,10H,1-2,6-8H2,3-4H3;2*1H4. The number of allylic oxidation sites excluding steroid dienone is 1. The molecule has 414 valence electrons. The molecule has 0 aromatic heterocycles. The Morgan fingerprint density at radius 3 is 1.44 bits per heavy atom. The Kier molecular flexibility index (Phi) is 24.4. The minimum atomic E-state index is -1.30. The molecule has 2 bridgehead atoms. The van der Waals surface area contributed by atoms with Gasteiger partial charge in [0.1, 0.15) is 25.6 Å². The van der Waals surface area contributed by atoms with Crippen molar-refractivity contribution in [1.82, 2.24) is 0 Å². The molecule has 4 aromatic carbocycles. The van der Waals surface area contributed by atoms with Crippen LogP contribution in [0.1, 0.15) is 117 Å². The predicted molar refractivity (Wildman–Crippen MR) is 297 cm³/mol. The lowest BCUT2D eigenvalue weighted by Gasteiger charge is -2.35. The summed E-state index contributed by atoms with van der Waals surface area (Å²) in [5.74, 6) is -2.93. The van der Waals surface area contributed by atoms with Gasteiger partial charge in [-0.2, -0.15) is 0 Å². The van der Waals surface area contributed by atoms with E-state index in [2.05, 4.69) is 51.5 Å². The molecule has 15 heteroatoms. The molecule has 78 heavy (non-hydrogen) atoms. The summed E-state index contributed by atoms with van der Waals surface area (Å²) in [6, 6.07) is 29.5. The molecule has 2 atom stereocenters. The molecular formula is C63H72O15. The van der Waals surface area contributed by atoms with Gasteiger partial charge in [0.25, 0.3) is 0 Å². The first-order valence-electron chi connectivity index (χ1n) is 24.1. The molecule has 2 fully saturated rings. The van der Waals surface area contributed by atoms with Crippen LogP contribution in [0.25, 0.3) is 0 Å². The fourth-order valence-corrected chi connectivity index (χ4v) is 8.62. The number of carbonyl (C=O) groups is 9. The zero-order valence-electron chi connectivity index (χ0n) is 43.8. The average Bonchev–Trinajstić information content (AvgIpc) is 3.76. The van der Waals surface area contributed by atoms with Crippen LogP contribution in [0.4, 0.5) is 0 Å². The molecule has 2 aliphatic carbocycles. The highest BCUT2D eigenvalue weighted by Crippen LogP contribution is 2.65. The highest BCUT2D eigenvalue weighted by atomic mass is 16.6. The lowest BCUT2D eigenvalue weighted by Crippen LogP contribution is -2.41. The van der Waals surface area contributed by atoms with Crippen LogP contribution in [-0.2, 0) is 58.9 Å². The Hall–Kier alpha value is -8.59. The van der Waals surface area contributed by atoms with E-state index < -0.39 is 46.5 Å². The molecule has 2 saturated carbocycles. The van der Waals surface area contributed by atoms with E-state index in [-0.39, 0.29) is 75.7 Å². The van der Waals surface area contributed by atoms with Crippen molar-refractivity contribution in [2.75, 3.05) is 26.4 Å². The fourth-order valence-electron chi connectivity index (χ4n) is 8.62. The third-order valence-electron chi connectivity index (χ3n) is 13.0. The molecule has 0 saturated heterocycles. The first-order valence-corrected chi connectivity index (χ1v) is 24.1. The Morgan fingerprint density at radius 2 is 1.00 bits per heavy atom. The van der Waals surface area contributed by atoms with Crippen LogP contribution < -0.4 is 4.74 Å². The third-order valence-corrected chi connectivity index (χ3v) is 13.0. The van der Waals surface area contributed by atoms with Gasteiger partial charge in [0.05, 0.1) is 5.41 Å². The van der Waals surface area contributed by atoms with Crippen LogP contribution in [-0.4, -0.2) is 90.6 Å². The number of esters is 5. The van der Waals surface area contributed by atoms with Crippen LogP contribution in [0.2, 0.25) is 0 Å². The van der Waals surface area contributed by atoms with Gasteiger partial charge < -0.3 is 28.4 Å². The number of Topliss-reactive ketones (excluding diaryl/α,β-unsaturated/α-hetero) is 3. The van der Waals surface area contributed by atoms with Gasteiger partial charge in [-0.1, -0.05) is 140 Å². The van der Waals surface area contributed by atoms with Crippen LogP contribution >= 0.6 is 0 Å². The summed E-state index contributed by atoms with van der Waals surface area (Å²) >= 11 is 0. The summed E-state index contributed by atoms with van der Waals surface area (Å²) in [5, 5.41) is 0. The lowest BCUT2D eigenvalue weighted by atomic mass is 9.69. The van der Waals surface area contributed by atoms with E-state index in [1.165, 1.54) is 27.7 Å². The van der Waals surface area contributed by atoms with Gasteiger partial charge in [-0.25, -0.2) is 24.0 Å². The molecule has 2 aliphatic rings. The smallest absolute Gasteiger partial charge is 0.344 e. The molecule has 4 aromatic rings. The van der Waals surface area contributed by atoms with Crippen LogP contribution in [0.15, 0.2) is 166 Å². The molecule has 0 aliphatic heterocycles. The summed E-state index contributed by atoms with van der Waals surface area (Å²) in [5.41, 5.74) is 1.28. The minimum Gasteiger partial charge on any atom is -0.482 e. The van der Waals surface area contributed by atoms with Gasteiger partial charge in [0.2, 0.25) is 11.6 Å². The second-order valence-corrected chi connectivity index (χ2v) is 19.2. The quantitative estimate of drug-likeness (QED) is 0.0236. The summed E-state index contributed by atoms with van der Waals surface area (Å²) in [4.78, 5) is 106. The summed E-state index contributed by atoms with van der Waals surface area (Å²) in [7, 11) is 0. The number of hydrogen-bond donors (Lipinski definition) is 0. The maximum atomic E-state index is 12.7. The highest BCUT2D eigenvalue weighted by Gasteiger charge is 2.66. The Balaban J connectivity index is 0.000000413. The van der Waals surface area contributed by atoms with Crippen LogP contribution in [0.3, 0.4) is 0 Å². The summed E-state index contributed by atoms with van der Waals surface area (Å²) in [6.07, 6.45) is 6.53. The lowest BCUT2D eigenvalue weighted by molar-refractivity contribution is -0.151. The number of ether oxygens (including phenoxy) is 6. The van der Waals surface area contributed by atoms with Gasteiger partial charge in [0, 0.05) is 46.6 Å². The molecule has 15 nitrogen and oxygen atoms in total. The Bertz CT molecular complexity index is 2760. The van der Waals surface area contributed by atoms with Crippen molar-refractivity contribution < 1.29 is 71.6 Å². The van der Waals surface area contributed by atoms with E-state index in [0.29, 0.717) is 40.0 Å². The molecule has 0 amide bonds. The van der Waals surface area contributed by atoms with Crippen molar-refractivity contribution in [2.24, 2.45) is 16.7 Å². The zero-order valence-corrected chi connectivity index (χ0v) is 43.8. The van der Waals surface area contributed by atoms with Crippen molar-refractivity contribution in [3.8, 4) is 5.75 Å². The number of carbonyl (C=O) groups excluding carboxylic acids is 9. The average molecular weight is 1070 g/mol. The SMILES string of the molecule is C.C.C=CC(=O)OC(C)(C)C(=O)c1ccc(Cc2ccc(C(=O)C(C)(C)OC(=O)C=C)cc2)cc1.C=CC(=O)OCC12CCC(C(=C)C1=O)C2(C)C.C=CC(=O)OCCOC(=O)COc1ccc(C(=O)c2ccccc2)cc1. The first-order chi connectivity index (χ1) is 35.9.